The Morgan fingerprint density at radius 3 is 2.30 bits per heavy atom. The summed E-state index contributed by atoms with van der Waals surface area (Å²) in [5.41, 5.74) is 4.03. The van der Waals surface area contributed by atoms with E-state index < -0.39 is 11.7 Å². The Morgan fingerprint density at radius 1 is 1.15 bits per heavy atom. The number of aromatic nitrogens is 1. The third kappa shape index (κ3) is 2.97. The van der Waals surface area contributed by atoms with E-state index in [1.165, 1.54) is 6.07 Å². The van der Waals surface area contributed by atoms with E-state index in [1.807, 2.05) is 0 Å². The molecule has 106 valence electrons. The fourth-order valence-electron chi connectivity index (χ4n) is 2.10. The maximum absolute atomic E-state index is 12.7. The molecule has 0 aliphatic heterocycles. The Bertz CT molecular complexity index is 582. The molecular formula is C14H14F3N3. The van der Waals surface area contributed by atoms with Crippen LogP contribution in [0.3, 0.4) is 0 Å². The van der Waals surface area contributed by atoms with Gasteiger partial charge in [0.25, 0.3) is 0 Å². The van der Waals surface area contributed by atoms with E-state index in [2.05, 4.69) is 10.4 Å². The highest BCUT2D eigenvalue weighted by atomic mass is 19.4. The van der Waals surface area contributed by atoms with Crippen molar-refractivity contribution in [3.8, 4) is 0 Å². The number of benzene rings is 1. The van der Waals surface area contributed by atoms with E-state index in [0.717, 1.165) is 17.7 Å². The van der Waals surface area contributed by atoms with Crippen LogP contribution in [0.15, 0.2) is 42.7 Å². The molecule has 0 spiro atoms. The number of rotatable bonds is 3. The molecule has 0 aliphatic rings. The molecule has 1 aromatic heterocycles. The quantitative estimate of drug-likeness (QED) is 0.671. The van der Waals surface area contributed by atoms with Crippen molar-refractivity contribution in [1.82, 2.24) is 10.4 Å². The van der Waals surface area contributed by atoms with Crippen molar-refractivity contribution in [2.45, 2.75) is 19.1 Å². The molecule has 1 heterocycles. The lowest BCUT2D eigenvalue weighted by atomic mass is 9.94. The van der Waals surface area contributed by atoms with Gasteiger partial charge in [-0.05, 0) is 47.9 Å². The molecule has 0 radical (unpaired) electrons. The van der Waals surface area contributed by atoms with Gasteiger partial charge in [0.15, 0.2) is 0 Å². The van der Waals surface area contributed by atoms with Gasteiger partial charge < -0.3 is 0 Å². The van der Waals surface area contributed by atoms with Crippen LogP contribution in [0.25, 0.3) is 0 Å². The summed E-state index contributed by atoms with van der Waals surface area (Å²) >= 11 is 0. The fraction of sp³-hybridized carbons (Fsp3) is 0.214. The minimum atomic E-state index is -4.34. The van der Waals surface area contributed by atoms with Gasteiger partial charge in [0.1, 0.15) is 0 Å². The second kappa shape index (κ2) is 5.60. The van der Waals surface area contributed by atoms with Crippen LogP contribution in [0.1, 0.15) is 28.3 Å². The summed E-state index contributed by atoms with van der Waals surface area (Å²) in [5, 5.41) is 0. The number of hydrogen-bond acceptors (Lipinski definition) is 3. The Hall–Kier alpha value is -1.92. The van der Waals surface area contributed by atoms with Crippen LogP contribution in [0.4, 0.5) is 13.2 Å². The fourth-order valence-corrected chi connectivity index (χ4v) is 2.10. The smallest absolute Gasteiger partial charge is 0.271 e. The highest BCUT2D eigenvalue weighted by molar-refractivity contribution is 5.39. The molecule has 0 aliphatic carbocycles. The predicted octanol–water partition coefficient (Wildman–Crippen LogP) is 2.96. The van der Waals surface area contributed by atoms with E-state index in [1.54, 1.807) is 31.5 Å². The first-order chi connectivity index (χ1) is 9.43. The van der Waals surface area contributed by atoms with Crippen molar-refractivity contribution in [2.24, 2.45) is 5.84 Å². The lowest BCUT2D eigenvalue weighted by molar-refractivity contribution is -0.137. The SMILES string of the molecule is Cc1cc(C(F)(F)F)ccc1C(NN)c1ccncc1. The number of nitrogens with one attached hydrogen (secondary N) is 1. The molecule has 1 unspecified atom stereocenters. The van der Waals surface area contributed by atoms with Gasteiger partial charge in [-0.25, -0.2) is 5.43 Å². The zero-order valence-corrected chi connectivity index (χ0v) is 10.8. The summed E-state index contributed by atoms with van der Waals surface area (Å²) in [7, 11) is 0. The minimum absolute atomic E-state index is 0.375. The first kappa shape index (κ1) is 14.5. The molecule has 0 fully saturated rings. The van der Waals surface area contributed by atoms with Crippen LogP contribution in [0.5, 0.6) is 0 Å². The summed E-state index contributed by atoms with van der Waals surface area (Å²) in [4.78, 5) is 3.91. The molecule has 0 bridgehead atoms. The van der Waals surface area contributed by atoms with Gasteiger partial charge in [-0.1, -0.05) is 6.07 Å². The van der Waals surface area contributed by atoms with Crippen LogP contribution in [-0.4, -0.2) is 4.98 Å². The predicted molar refractivity (Wildman–Crippen MR) is 69.6 cm³/mol. The number of nitrogens with zero attached hydrogens (tertiary/aromatic N) is 1. The van der Waals surface area contributed by atoms with Crippen molar-refractivity contribution in [2.75, 3.05) is 0 Å². The van der Waals surface area contributed by atoms with Crippen LogP contribution in [0.2, 0.25) is 0 Å². The van der Waals surface area contributed by atoms with Gasteiger partial charge in [-0.15, -0.1) is 0 Å². The number of hydrazine groups is 1. The van der Waals surface area contributed by atoms with Gasteiger partial charge in [0.05, 0.1) is 11.6 Å². The molecule has 20 heavy (non-hydrogen) atoms. The zero-order chi connectivity index (χ0) is 14.8. The number of aryl methyl sites for hydroxylation is 1. The van der Waals surface area contributed by atoms with Crippen molar-refractivity contribution in [1.29, 1.82) is 0 Å². The lowest BCUT2D eigenvalue weighted by Gasteiger charge is -2.20. The highest BCUT2D eigenvalue weighted by Crippen LogP contribution is 2.32. The van der Waals surface area contributed by atoms with Crippen molar-refractivity contribution < 1.29 is 13.2 Å². The molecule has 0 amide bonds. The van der Waals surface area contributed by atoms with E-state index in [0.29, 0.717) is 11.1 Å². The van der Waals surface area contributed by atoms with E-state index in [4.69, 9.17) is 5.84 Å². The van der Waals surface area contributed by atoms with E-state index in [9.17, 15) is 13.2 Å². The van der Waals surface area contributed by atoms with Crippen LogP contribution >= 0.6 is 0 Å². The number of nitrogens with two attached hydrogens (primary N) is 1. The number of halogens is 3. The Morgan fingerprint density at radius 2 is 1.80 bits per heavy atom. The maximum Gasteiger partial charge on any atom is 0.416 e. The summed E-state index contributed by atoms with van der Waals surface area (Å²) in [6.45, 7) is 1.64. The summed E-state index contributed by atoms with van der Waals surface area (Å²) in [5.74, 6) is 5.54. The van der Waals surface area contributed by atoms with Gasteiger partial charge in [-0.2, -0.15) is 13.2 Å². The van der Waals surface area contributed by atoms with Gasteiger partial charge >= 0.3 is 6.18 Å². The molecule has 1 atom stereocenters. The number of hydrogen-bond donors (Lipinski definition) is 2. The third-order valence-corrected chi connectivity index (χ3v) is 3.11. The van der Waals surface area contributed by atoms with Crippen LogP contribution < -0.4 is 11.3 Å². The average Bonchev–Trinajstić information content (AvgIpc) is 2.41. The Balaban J connectivity index is 2.42. The maximum atomic E-state index is 12.7. The molecule has 0 saturated carbocycles. The second-order valence-electron chi connectivity index (χ2n) is 4.45. The molecular weight excluding hydrogens is 267 g/mol. The van der Waals surface area contributed by atoms with Gasteiger partial charge in [0, 0.05) is 12.4 Å². The average molecular weight is 281 g/mol. The molecule has 6 heteroatoms. The number of alkyl halides is 3. The van der Waals surface area contributed by atoms with Crippen LogP contribution in [-0.2, 0) is 6.18 Å². The molecule has 0 saturated heterocycles. The molecule has 1 aromatic carbocycles. The zero-order valence-electron chi connectivity index (χ0n) is 10.8. The summed E-state index contributed by atoms with van der Waals surface area (Å²) < 4.78 is 38.0. The summed E-state index contributed by atoms with van der Waals surface area (Å²) in [6.07, 6.45) is -1.12. The normalized spacial score (nSPS) is 13.2. The van der Waals surface area contributed by atoms with E-state index in [-0.39, 0.29) is 6.04 Å². The highest BCUT2D eigenvalue weighted by Gasteiger charge is 2.31. The topological polar surface area (TPSA) is 50.9 Å². The molecule has 3 nitrogen and oxygen atoms in total. The Labute approximate surface area is 114 Å². The minimum Gasteiger partial charge on any atom is -0.271 e. The largest absolute Gasteiger partial charge is 0.416 e. The first-order valence-corrected chi connectivity index (χ1v) is 5.97. The van der Waals surface area contributed by atoms with Gasteiger partial charge in [-0.3, -0.25) is 10.8 Å². The number of pyridine rings is 1. The van der Waals surface area contributed by atoms with Crippen molar-refractivity contribution in [3.05, 3.63) is 65.0 Å². The second-order valence-corrected chi connectivity index (χ2v) is 4.45. The third-order valence-electron chi connectivity index (χ3n) is 3.11. The Kier molecular flexibility index (Phi) is 4.06. The first-order valence-electron chi connectivity index (χ1n) is 5.97. The van der Waals surface area contributed by atoms with Crippen molar-refractivity contribution >= 4 is 0 Å². The molecule has 2 rings (SSSR count). The standard InChI is InChI=1S/C14H14F3N3/c1-9-8-11(14(15,16)17)2-3-12(9)13(20-18)10-4-6-19-7-5-10/h2-8,13,20H,18H2,1H3. The summed E-state index contributed by atoms with van der Waals surface area (Å²) in [6, 6.07) is 6.79. The lowest BCUT2D eigenvalue weighted by Crippen LogP contribution is -2.29. The van der Waals surface area contributed by atoms with Gasteiger partial charge in [0.2, 0.25) is 0 Å². The van der Waals surface area contributed by atoms with E-state index >= 15 is 0 Å². The van der Waals surface area contributed by atoms with Crippen molar-refractivity contribution in [3.63, 3.8) is 0 Å². The van der Waals surface area contributed by atoms with Crippen LogP contribution in [0, 0.1) is 6.92 Å². The monoisotopic (exact) mass is 281 g/mol. The molecule has 3 N–H and O–H groups in total. The molecule has 2 aromatic rings.